The number of aliphatic imine (C=N–C) groups is 1. The van der Waals surface area contributed by atoms with Crippen LogP contribution in [0.5, 0.6) is 0 Å². The van der Waals surface area contributed by atoms with Gasteiger partial charge in [0.25, 0.3) is 10.0 Å². The number of halogens is 1. The van der Waals surface area contributed by atoms with E-state index in [1.54, 1.807) is 36.4 Å². The first-order valence-corrected chi connectivity index (χ1v) is 9.86. The molecule has 0 amide bonds. The summed E-state index contributed by atoms with van der Waals surface area (Å²) in [7, 11) is -3.72. The summed E-state index contributed by atoms with van der Waals surface area (Å²) < 4.78 is 27.6. The molecule has 9 heteroatoms. The number of benzene rings is 2. The van der Waals surface area contributed by atoms with Crippen LogP contribution >= 0.6 is 15.9 Å². The first-order valence-electron chi connectivity index (χ1n) is 7.63. The van der Waals surface area contributed by atoms with E-state index in [4.69, 9.17) is 5.26 Å². The third-order valence-corrected chi connectivity index (χ3v) is 5.98. The highest BCUT2D eigenvalue weighted by Crippen LogP contribution is 2.20. The number of sulfonamides is 1. The van der Waals surface area contributed by atoms with Crippen LogP contribution in [0, 0.1) is 11.3 Å². The van der Waals surface area contributed by atoms with Crippen molar-refractivity contribution in [1.82, 2.24) is 9.73 Å². The standard InChI is InChI=1S/C17H14BrN5O2S/c18-15-5-7-16(8-6-15)26(24,25)23-10-9-20-17(23)22-21-12-14-4-2-1-3-13(14)11-19/h1-8,12H,9-10H2,(H,20,22)/b21-12+. The van der Waals surface area contributed by atoms with Crippen LogP contribution in [0.3, 0.4) is 0 Å². The van der Waals surface area contributed by atoms with E-state index in [-0.39, 0.29) is 17.4 Å². The van der Waals surface area contributed by atoms with Gasteiger partial charge in [0, 0.05) is 10.0 Å². The number of hydrogen-bond acceptors (Lipinski definition) is 6. The molecule has 3 rings (SSSR count). The monoisotopic (exact) mass is 431 g/mol. The molecule has 0 aromatic heterocycles. The lowest BCUT2D eigenvalue weighted by Gasteiger charge is -2.19. The molecule has 26 heavy (non-hydrogen) atoms. The molecule has 0 unspecified atom stereocenters. The number of hydrazone groups is 1. The molecule has 1 aliphatic heterocycles. The zero-order chi connectivity index (χ0) is 18.6. The Morgan fingerprint density at radius 1 is 1.23 bits per heavy atom. The summed E-state index contributed by atoms with van der Waals surface area (Å²) in [5.41, 5.74) is 3.77. The smallest absolute Gasteiger partial charge is 0.249 e. The highest BCUT2D eigenvalue weighted by molar-refractivity contribution is 9.10. The summed E-state index contributed by atoms with van der Waals surface area (Å²) in [6, 6.07) is 15.5. The molecule has 1 heterocycles. The maximum absolute atomic E-state index is 12.8. The van der Waals surface area contributed by atoms with Crippen molar-refractivity contribution in [2.45, 2.75) is 4.90 Å². The van der Waals surface area contributed by atoms with Crippen LogP contribution in [0.1, 0.15) is 11.1 Å². The van der Waals surface area contributed by atoms with Gasteiger partial charge < -0.3 is 0 Å². The number of hydrogen-bond donors (Lipinski definition) is 1. The number of nitriles is 1. The van der Waals surface area contributed by atoms with E-state index in [2.05, 4.69) is 37.5 Å². The predicted octanol–water partition coefficient (Wildman–Crippen LogP) is 2.30. The van der Waals surface area contributed by atoms with Gasteiger partial charge in [-0.1, -0.05) is 34.1 Å². The van der Waals surface area contributed by atoms with Gasteiger partial charge in [0.05, 0.1) is 35.8 Å². The van der Waals surface area contributed by atoms with Crippen molar-refractivity contribution in [3.63, 3.8) is 0 Å². The van der Waals surface area contributed by atoms with Crippen LogP contribution in [0.2, 0.25) is 0 Å². The van der Waals surface area contributed by atoms with Gasteiger partial charge in [-0.3, -0.25) is 0 Å². The van der Waals surface area contributed by atoms with Gasteiger partial charge in [-0.25, -0.2) is 23.1 Å². The fraction of sp³-hybridized carbons (Fsp3) is 0.118. The van der Waals surface area contributed by atoms with Crippen LogP contribution in [0.4, 0.5) is 0 Å². The number of guanidine groups is 1. The van der Waals surface area contributed by atoms with E-state index in [9.17, 15) is 8.42 Å². The third kappa shape index (κ3) is 3.76. The molecular formula is C17H14BrN5O2S. The topological polar surface area (TPSA) is 97.9 Å². The molecule has 2 aromatic carbocycles. The molecule has 132 valence electrons. The molecule has 0 saturated heterocycles. The summed E-state index contributed by atoms with van der Waals surface area (Å²) >= 11 is 3.29. The highest BCUT2D eigenvalue weighted by atomic mass is 79.9. The molecule has 1 aliphatic rings. The SMILES string of the molecule is N#Cc1ccccc1/C=N/NC1=NCCN1S(=O)(=O)c1ccc(Br)cc1. The van der Waals surface area contributed by atoms with Gasteiger partial charge >= 0.3 is 0 Å². The largest absolute Gasteiger partial charge is 0.266 e. The summed E-state index contributed by atoms with van der Waals surface area (Å²) in [4.78, 5) is 4.34. The summed E-state index contributed by atoms with van der Waals surface area (Å²) in [5, 5.41) is 13.1. The Hall–Kier alpha value is -2.70. The Labute approximate surface area is 159 Å². The van der Waals surface area contributed by atoms with Crippen LogP contribution < -0.4 is 5.43 Å². The molecular weight excluding hydrogens is 418 g/mol. The van der Waals surface area contributed by atoms with Crippen molar-refractivity contribution >= 4 is 38.1 Å². The Bertz CT molecular complexity index is 1010. The Balaban J connectivity index is 1.77. The van der Waals surface area contributed by atoms with Gasteiger partial charge in [-0.2, -0.15) is 10.4 Å². The maximum atomic E-state index is 12.8. The quantitative estimate of drug-likeness (QED) is 0.592. The molecule has 0 bridgehead atoms. The first-order chi connectivity index (χ1) is 12.5. The van der Waals surface area contributed by atoms with E-state index >= 15 is 0 Å². The molecule has 2 aromatic rings. The van der Waals surface area contributed by atoms with Crippen molar-refractivity contribution in [3.05, 3.63) is 64.1 Å². The third-order valence-electron chi connectivity index (χ3n) is 3.65. The fourth-order valence-electron chi connectivity index (χ4n) is 2.36. The molecule has 0 fully saturated rings. The molecule has 0 atom stereocenters. The molecule has 1 N–H and O–H groups in total. The number of nitrogens with one attached hydrogen (secondary N) is 1. The van der Waals surface area contributed by atoms with Crippen LogP contribution in [-0.4, -0.2) is 38.0 Å². The van der Waals surface area contributed by atoms with E-state index in [0.29, 0.717) is 17.7 Å². The second kappa shape index (κ2) is 7.68. The van der Waals surface area contributed by atoms with E-state index in [0.717, 1.165) is 4.47 Å². The molecule has 0 spiro atoms. The van der Waals surface area contributed by atoms with Crippen molar-refractivity contribution < 1.29 is 8.42 Å². The Morgan fingerprint density at radius 3 is 2.69 bits per heavy atom. The van der Waals surface area contributed by atoms with Gasteiger partial charge in [-0.05, 0) is 30.3 Å². The molecule has 0 aliphatic carbocycles. The lowest BCUT2D eigenvalue weighted by atomic mass is 10.1. The normalized spacial score (nSPS) is 14.3. The maximum Gasteiger partial charge on any atom is 0.266 e. The lowest BCUT2D eigenvalue weighted by Crippen LogP contribution is -2.40. The fourth-order valence-corrected chi connectivity index (χ4v) is 4.01. The van der Waals surface area contributed by atoms with Crippen molar-refractivity contribution in [3.8, 4) is 6.07 Å². The molecule has 0 radical (unpaired) electrons. The zero-order valence-electron chi connectivity index (χ0n) is 13.5. The second-order valence-corrected chi connectivity index (χ2v) is 8.08. The lowest BCUT2D eigenvalue weighted by molar-refractivity contribution is 0.532. The van der Waals surface area contributed by atoms with Crippen LogP contribution in [0.25, 0.3) is 0 Å². The average Bonchev–Trinajstić information content (AvgIpc) is 3.12. The zero-order valence-corrected chi connectivity index (χ0v) is 15.9. The van der Waals surface area contributed by atoms with Gasteiger partial charge in [-0.15, -0.1) is 0 Å². The van der Waals surface area contributed by atoms with Crippen molar-refractivity contribution in [2.24, 2.45) is 10.1 Å². The predicted molar refractivity (Wildman–Crippen MR) is 102 cm³/mol. The summed E-state index contributed by atoms with van der Waals surface area (Å²) in [5.74, 6) is 0.151. The van der Waals surface area contributed by atoms with Crippen molar-refractivity contribution in [1.29, 1.82) is 5.26 Å². The number of nitrogens with zero attached hydrogens (tertiary/aromatic N) is 4. The van der Waals surface area contributed by atoms with Gasteiger partial charge in [0.2, 0.25) is 5.96 Å². The van der Waals surface area contributed by atoms with Crippen LogP contribution in [0.15, 0.2) is 68.0 Å². The molecule has 0 saturated carbocycles. The summed E-state index contributed by atoms with van der Waals surface area (Å²) in [6.45, 7) is 0.591. The minimum Gasteiger partial charge on any atom is -0.249 e. The van der Waals surface area contributed by atoms with Gasteiger partial charge in [0.15, 0.2) is 0 Å². The van der Waals surface area contributed by atoms with Gasteiger partial charge in [0.1, 0.15) is 0 Å². The molecule has 7 nitrogen and oxygen atoms in total. The van der Waals surface area contributed by atoms with E-state index in [1.807, 2.05) is 0 Å². The Morgan fingerprint density at radius 2 is 1.96 bits per heavy atom. The van der Waals surface area contributed by atoms with Crippen molar-refractivity contribution in [2.75, 3.05) is 13.1 Å². The number of rotatable bonds is 4. The van der Waals surface area contributed by atoms with E-state index < -0.39 is 10.0 Å². The average molecular weight is 432 g/mol. The Kier molecular flexibility index (Phi) is 5.35. The second-order valence-electron chi connectivity index (χ2n) is 5.31. The summed E-state index contributed by atoms with van der Waals surface area (Å²) in [6.07, 6.45) is 1.46. The highest BCUT2D eigenvalue weighted by Gasteiger charge is 2.30. The minimum absolute atomic E-state index is 0.151. The first kappa shape index (κ1) is 18.1. The minimum atomic E-state index is -3.72. The van der Waals surface area contributed by atoms with E-state index in [1.165, 1.54) is 22.7 Å². The van der Waals surface area contributed by atoms with Crippen LogP contribution in [-0.2, 0) is 10.0 Å².